The number of hydrogen-bond acceptors (Lipinski definition) is 3. The van der Waals surface area contributed by atoms with E-state index in [1.807, 2.05) is 0 Å². The van der Waals surface area contributed by atoms with Crippen molar-refractivity contribution in [1.29, 1.82) is 0 Å². The fraction of sp³-hybridized carbons (Fsp3) is 0.889. The predicted octanol–water partition coefficient (Wildman–Crippen LogP) is -0.289. The summed E-state index contributed by atoms with van der Waals surface area (Å²) >= 11 is 0. The summed E-state index contributed by atoms with van der Waals surface area (Å²) in [5, 5.41) is 22.0. The second-order valence-electron chi connectivity index (χ2n) is 4.30. The Hall–Kier alpha value is -0.810. The van der Waals surface area contributed by atoms with Gasteiger partial charge in [-0.25, -0.2) is 4.79 Å². The van der Waals surface area contributed by atoms with Crippen molar-refractivity contribution in [2.45, 2.75) is 18.9 Å². The van der Waals surface area contributed by atoms with Gasteiger partial charge < -0.3 is 20.4 Å². The SMILES string of the molecule is O=C(O)N1CCC(O)C2(CCNC2)C1. The average Bonchev–Trinajstić information content (AvgIpc) is 2.59. The molecule has 3 N–H and O–H groups in total. The summed E-state index contributed by atoms with van der Waals surface area (Å²) in [4.78, 5) is 12.2. The number of carboxylic acid groups (broad SMARTS) is 1. The summed E-state index contributed by atoms with van der Waals surface area (Å²) < 4.78 is 0. The molecule has 1 amide bonds. The second kappa shape index (κ2) is 3.40. The van der Waals surface area contributed by atoms with E-state index in [0.717, 1.165) is 19.5 Å². The van der Waals surface area contributed by atoms with Crippen molar-refractivity contribution in [2.75, 3.05) is 26.2 Å². The summed E-state index contributed by atoms with van der Waals surface area (Å²) in [5.41, 5.74) is -0.226. The number of likely N-dealkylation sites (tertiary alicyclic amines) is 1. The molecule has 80 valence electrons. The molecule has 14 heavy (non-hydrogen) atoms. The van der Waals surface area contributed by atoms with E-state index in [4.69, 9.17) is 5.11 Å². The van der Waals surface area contributed by atoms with Crippen molar-refractivity contribution in [1.82, 2.24) is 10.2 Å². The number of amides is 1. The van der Waals surface area contributed by atoms with Crippen LogP contribution in [0, 0.1) is 5.41 Å². The number of rotatable bonds is 0. The van der Waals surface area contributed by atoms with Crippen LogP contribution in [0.4, 0.5) is 4.79 Å². The van der Waals surface area contributed by atoms with E-state index in [1.54, 1.807) is 0 Å². The summed E-state index contributed by atoms with van der Waals surface area (Å²) in [6.07, 6.45) is 0.211. The Balaban J connectivity index is 2.10. The zero-order chi connectivity index (χ0) is 10.2. The molecule has 0 aliphatic carbocycles. The maximum absolute atomic E-state index is 10.8. The van der Waals surface area contributed by atoms with Crippen LogP contribution in [0.25, 0.3) is 0 Å². The van der Waals surface area contributed by atoms with Crippen molar-refractivity contribution in [3.63, 3.8) is 0 Å². The molecule has 2 aliphatic rings. The monoisotopic (exact) mass is 200 g/mol. The topological polar surface area (TPSA) is 72.8 Å². The lowest BCUT2D eigenvalue weighted by Gasteiger charge is -2.42. The Morgan fingerprint density at radius 3 is 2.93 bits per heavy atom. The fourth-order valence-electron chi connectivity index (χ4n) is 2.49. The third-order valence-electron chi connectivity index (χ3n) is 3.43. The quantitative estimate of drug-likeness (QED) is 0.502. The van der Waals surface area contributed by atoms with Gasteiger partial charge in [0.05, 0.1) is 6.10 Å². The van der Waals surface area contributed by atoms with Crippen LogP contribution in [-0.2, 0) is 0 Å². The van der Waals surface area contributed by atoms with Gasteiger partial charge in [-0.15, -0.1) is 0 Å². The van der Waals surface area contributed by atoms with Crippen LogP contribution in [0.2, 0.25) is 0 Å². The number of aliphatic hydroxyl groups excluding tert-OH is 1. The molecule has 2 aliphatic heterocycles. The lowest BCUT2D eigenvalue weighted by Crippen LogP contribution is -2.54. The molecule has 0 radical (unpaired) electrons. The van der Waals surface area contributed by atoms with Crippen LogP contribution in [0.1, 0.15) is 12.8 Å². The van der Waals surface area contributed by atoms with E-state index in [9.17, 15) is 9.90 Å². The Labute approximate surface area is 82.7 Å². The minimum absolute atomic E-state index is 0.226. The fourth-order valence-corrected chi connectivity index (χ4v) is 2.49. The van der Waals surface area contributed by atoms with E-state index < -0.39 is 6.09 Å². The molecule has 0 bridgehead atoms. The minimum atomic E-state index is -0.872. The van der Waals surface area contributed by atoms with Crippen LogP contribution < -0.4 is 5.32 Å². The maximum atomic E-state index is 10.8. The van der Waals surface area contributed by atoms with E-state index in [-0.39, 0.29) is 11.5 Å². The van der Waals surface area contributed by atoms with Crippen molar-refractivity contribution in [3.05, 3.63) is 0 Å². The Kier molecular flexibility index (Phi) is 2.36. The lowest BCUT2D eigenvalue weighted by atomic mass is 9.77. The number of carbonyl (C=O) groups is 1. The first-order valence-electron chi connectivity index (χ1n) is 5.01. The van der Waals surface area contributed by atoms with Gasteiger partial charge in [0.1, 0.15) is 0 Å². The summed E-state index contributed by atoms with van der Waals surface area (Å²) in [6, 6.07) is 0. The van der Waals surface area contributed by atoms with Crippen LogP contribution in [-0.4, -0.2) is 53.5 Å². The minimum Gasteiger partial charge on any atom is -0.465 e. The molecule has 0 saturated carbocycles. The highest BCUT2D eigenvalue weighted by atomic mass is 16.4. The summed E-state index contributed by atoms with van der Waals surface area (Å²) in [7, 11) is 0. The molecule has 0 aromatic rings. The third-order valence-corrected chi connectivity index (χ3v) is 3.43. The predicted molar refractivity (Wildman–Crippen MR) is 50.1 cm³/mol. The van der Waals surface area contributed by atoms with Crippen molar-refractivity contribution in [3.8, 4) is 0 Å². The standard InChI is InChI=1S/C9H16N2O3/c12-7-1-4-11(8(13)14)6-9(7)2-3-10-5-9/h7,10,12H,1-6H2,(H,13,14). The number of piperidine rings is 1. The second-order valence-corrected chi connectivity index (χ2v) is 4.30. The average molecular weight is 200 g/mol. The number of nitrogens with zero attached hydrogens (tertiary/aromatic N) is 1. The molecule has 5 heteroatoms. The maximum Gasteiger partial charge on any atom is 0.407 e. The van der Waals surface area contributed by atoms with E-state index in [0.29, 0.717) is 19.5 Å². The normalized spacial score (nSPS) is 37.8. The Morgan fingerprint density at radius 1 is 1.57 bits per heavy atom. The van der Waals surface area contributed by atoms with E-state index >= 15 is 0 Å². The van der Waals surface area contributed by atoms with Crippen molar-refractivity contribution >= 4 is 6.09 Å². The molecule has 1 spiro atoms. The molecule has 2 atom stereocenters. The lowest BCUT2D eigenvalue weighted by molar-refractivity contribution is -0.0280. The van der Waals surface area contributed by atoms with Crippen LogP contribution in [0.15, 0.2) is 0 Å². The Morgan fingerprint density at radius 2 is 2.36 bits per heavy atom. The smallest absolute Gasteiger partial charge is 0.407 e. The largest absolute Gasteiger partial charge is 0.465 e. The Bertz CT molecular complexity index is 238. The van der Waals surface area contributed by atoms with E-state index in [1.165, 1.54) is 4.90 Å². The first-order valence-corrected chi connectivity index (χ1v) is 5.01. The van der Waals surface area contributed by atoms with Gasteiger partial charge >= 0.3 is 6.09 Å². The zero-order valence-electron chi connectivity index (χ0n) is 8.07. The van der Waals surface area contributed by atoms with Gasteiger partial charge in [0, 0.05) is 25.0 Å². The molecule has 2 saturated heterocycles. The van der Waals surface area contributed by atoms with Crippen molar-refractivity contribution in [2.24, 2.45) is 5.41 Å². The van der Waals surface area contributed by atoms with Crippen LogP contribution in [0.5, 0.6) is 0 Å². The molecule has 2 rings (SSSR count). The van der Waals surface area contributed by atoms with Gasteiger partial charge in [-0.1, -0.05) is 0 Å². The molecule has 0 aromatic carbocycles. The number of aliphatic hydroxyl groups is 1. The first kappa shape index (κ1) is 9.73. The van der Waals surface area contributed by atoms with Gasteiger partial charge in [0.2, 0.25) is 0 Å². The summed E-state index contributed by atoms with van der Waals surface area (Å²) in [6.45, 7) is 2.54. The molecular formula is C9H16N2O3. The third kappa shape index (κ3) is 1.46. The highest BCUT2D eigenvalue weighted by Gasteiger charge is 2.45. The van der Waals surface area contributed by atoms with Gasteiger partial charge in [-0.3, -0.25) is 0 Å². The highest BCUT2D eigenvalue weighted by Crippen LogP contribution is 2.35. The van der Waals surface area contributed by atoms with Gasteiger partial charge in [0.15, 0.2) is 0 Å². The van der Waals surface area contributed by atoms with Gasteiger partial charge in [-0.05, 0) is 19.4 Å². The number of hydrogen-bond donors (Lipinski definition) is 3. The van der Waals surface area contributed by atoms with Gasteiger partial charge in [0.25, 0.3) is 0 Å². The molecule has 0 aromatic heterocycles. The molecule has 2 heterocycles. The van der Waals surface area contributed by atoms with Crippen LogP contribution in [0.3, 0.4) is 0 Å². The van der Waals surface area contributed by atoms with Crippen LogP contribution >= 0.6 is 0 Å². The zero-order valence-corrected chi connectivity index (χ0v) is 8.07. The highest BCUT2D eigenvalue weighted by molar-refractivity contribution is 5.65. The number of nitrogens with one attached hydrogen (secondary N) is 1. The van der Waals surface area contributed by atoms with Crippen molar-refractivity contribution < 1.29 is 15.0 Å². The van der Waals surface area contributed by atoms with Gasteiger partial charge in [-0.2, -0.15) is 0 Å². The molecule has 2 unspecified atom stereocenters. The van der Waals surface area contributed by atoms with E-state index in [2.05, 4.69) is 5.32 Å². The summed E-state index contributed by atoms with van der Waals surface area (Å²) in [5.74, 6) is 0. The molecular weight excluding hydrogens is 184 g/mol. The first-order chi connectivity index (χ1) is 6.64. The molecule has 2 fully saturated rings. The molecule has 5 nitrogen and oxygen atoms in total.